The zero-order valence-corrected chi connectivity index (χ0v) is 66.3. The number of hydrogen-bond acceptors (Lipinski definition) is 3. The number of rotatable bonds is 8. The summed E-state index contributed by atoms with van der Waals surface area (Å²) in [5.74, 6) is 1.21. The highest BCUT2D eigenvalue weighted by Crippen LogP contribution is 2.54. The Morgan fingerprint density at radius 3 is 1.21 bits per heavy atom. The number of aromatic nitrogens is 4. The summed E-state index contributed by atoms with van der Waals surface area (Å²) in [5, 5.41) is 15.2. The lowest BCUT2D eigenvalue weighted by atomic mass is 9.81. The van der Waals surface area contributed by atoms with E-state index in [0.29, 0.717) is 0 Å². The standard InChI is InChI=1S/C57H38N2S.C54H34N2OS/c1-57(2)48-22-10-6-17-40(48)41-29-27-36(32-49(41)57)45-33-38(34-47-43-19-9-13-26-54(43)60-56(45)47)59-51-24-12-8-20-44(51)55-39(21-14-25-53(55)59)35-28-30-52-46(31-35)42-18-7-11-23-50(42)58(52)37-15-4-3-5-16-37;1-2-13-35(14-3-1)55-46-20-8-4-15-38(46)43-29-33(25-27-48(43)55)37-19-12-22-49-53(37)41-18-5-9-21-47(41)56(49)36-31-42(54-45(32-36)40-17-7-11-24-52(40)58-54)34-26-28-51-44(30-34)39-16-6-10-23-50(39)57-51/h3-34H,1-2H3;1-32,39,50H. The van der Waals surface area contributed by atoms with Gasteiger partial charge >= 0.3 is 0 Å². The van der Waals surface area contributed by atoms with Crippen molar-refractivity contribution >= 4 is 150 Å². The van der Waals surface area contributed by atoms with Crippen molar-refractivity contribution in [2.75, 3.05) is 0 Å². The molecule has 23 aromatic rings. The summed E-state index contributed by atoms with van der Waals surface area (Å²) in [7, 11) is 0. The minimum absolute atomic E-state index is 0.0564. The second kappa shape index (κ2) is 25.8. The highest BCUT2D eigenvalue weighted by Gasteiger charge is 2.37. The van der Waals surface area contributed by atoms with Crippen LogP contribution in [0.3, 0.4) is 0 Å². The van der Waals surface area contributed by atoms with Crippen LogP contribution in [0.15, 0.2) is 388 Å². The minimum atomic E-state index is -0.0818. The van der Waals surface area contributed by atoms with Gasteiger partial charge in [-0.2, -0.15) is 0 Å². The Balaban J connectivity index is 0.000000132. The van der Waals surface area contributed by atoms with Crippen LogP contribution < -0.4 is 4.74 Å². The Hall–Kier alpha value is -14.3. The number of hydrogen-bond donors (Lipinski definition) is 0. The molecular formula is C111H72N4OS2. The highest BCUT2D eigenvalue weighted by atomic mass is 32.1. The number of nitrogens with zero attached hydrogens (tertiary/aromatic N) is 4. The summed E-state index contributed by atoms with van der Waals surface area (Å²) >= 11 is 3.79. The van der Waals surface area contributed by atoms with E-state index in [-0.39, 0.29) is 17.4 Å². The molecule has 7 heterocycles. The first-order valence-electron chi connectivity index (χ1n) is 40.8. The van der Waals surface area contributed by atoms with Gasteiger partial charge in [0.05, 0.1) is 44.1 Å². The molecule has 2 aliphatic carbocycles. The van der Waals surface area contributed by atoms with E-state index in [0.717, 1.165) is 11.4 Å². The summed E-state index contributed by atoms with van der Waals surface area (Å²) in [6.45, 7) is 4.75. The Morgan fingerprint density at radius 2 is 0.661 bits per heavy atom. The lowest BCUT2D eigenvalue weighted by molar-refractivity contribution is 0.269. The molecular weight excluding hydrogens is 1470 g/mol. The van der Waals surface area contributed by atoms with E-state index in [2.05, 4.69) is 420 Å². The molecule has 0 N–H and O–H groups in total. The predicted octanol–water partition coefficient (Wildman–Crippen LogP) is 30.4. The summed E-state index contributed by atoms with van der Waals surface area (Å²) in [6, 6.07) is 135. The van der Waals surface area contributed by atoms with E-state index >= 15 is 0 Å². The van der Waals surface area contributed by atoms with E-state index in [1.165, 1.54) is 217 Å². The summed E-state index contributed by atoms with van der Waals surface area (Å²) in [5.41, 5.74) is 30.9. The van der Waals surface area contributed by atoms with Gasteiger partial charge < -0.3 is 23.0 Å². The lowest BCUT2D eigenvalue weighted by Crippen LogP contribution is -2.15. The lowest BCUT2D eigenvalue weighted by Gasteiger charge is -2.22. The van der Waals surface area contributed by atoms with Crippen molar-refractivity contribution in [3.05, 3.63) is 405 Å². The van der Waals surface area contributed by atoms with Gasteiger partial charge in [0.2, 0.25) is 0 Å². The van der Waals surface area contributed by atoms with Crippen LogP contribution in [0.5, 0.6) is 5.75 Å². The van der Waals surface area contributed by atoms with Gasteiger partial charge in [0.15, 0.2) is 0 Å². The molecule has 0 bridgehead atoms. The van der Waals surface area contributed by atoms with Crippen molar-refractivity contribution in [2.24, 2.45) is 0 Å². The maximum absolute atomic E-state index is 6.39. The van der Waals surface area contributed by atoms with Gasteiger partial charge in [-0.3, -0.25) is 0 Å². The van der Waals surface area contributed by atoms with Crippen LogP contribution in [0.1, 0.15) is 36.5 Å². The Bertz CT molecular complexity index is 8280. The first kappa shape index (κ1) is 67.0. The molecule has 2 atom stereocenters. The summed E-state index contributed by atoms with van der Waals surface area (Å²) in [4.78, 5) is 0. The van der Waals surface area contributed by atoms with Crippen molar-refractivity contribution in [1.82, 2.24) is 18.3 Å². The van der Waals surface area contributed by atoms with Crippen molar-refractivity contribution in [3.8, 4) is 84.1 Å². The van der Waals surface area contributed by atoms with Gasteiger partial charge in [-0.05, 0) is 201 Å². The third-order valence-electron chi connectivity index (χ3n) is 25.8. The van der Waals surface area contributed by atoms with Crippen LogP contribution in [-0.4, -0.2) is 24.4 Å². The van der Waals surface area contributed by atoms with E-state index in [1.54, 1.807) is 0 Å². The summed E-state index contributed by atoms with van der Waals surface area (Å²) < 4.78 is 21.4. The first-order chi connectivity index (χ1) is 58.3. The summed E-state index contributed by atoms with van der Waals surface area (Å²) in [6.07, 6.45) is 8.75. The maximum Gasteiger partial charge on any atom is 0.128 e. The van der Waals surface area contributed by atoms with Crippen LogP contribution >= 0.6 is 22.7 Å². The molecule has 0 spiro atoms. The zero-order chi connectivity index (χ0) is 77.6. The first-order valence-corrected chi connectivity index (χ1v) is 42.5. The minimum Gasteiger partial charge on any atom is -0.485 e. The molecule has 2 unspecified atom stereocenters. The van der Waals surface area contributed by atoms with Crippen LogP contribution in [0.25, 0.3) is 206 Å². The number of fused-ring (bicyclic) bond motifs is 24. The highest BCUT2D eigenvalue weighted by molar-refractivity contribution is 7.26. The average Bonchev–Trinajstić information content (AvgIpc) is 1.56. The predicted molar refractivity (Wildman–Crippen MR) is 501 cm³/mol. The molecule has 26 rings (SSSR count). The molecule has 118 heavy (non-hydrogen) atoms. The van der Waals surface area contributed by atoms with Crippen LogP contribution in [0.4, 0.5) is 0 Å². The van der Waals surface area contributed by atoms with E-state index in [4.69, 9.17) is 4.74 Å². The van der Waals surface area contributed by atoms with Gasteiger partial charge in [-0.25, -0.2) is 0 Å². The number of benzene rings is 17. The third kappa shape index (κ3) is 9.96. The Labute approximate surface area is 688 Å². The van der Waals surface area contributed by atoms with Crippen molar-refractivity contribution in [3.63, 3.8) is 0 Å². The molecule has 3 aliphatic rings. The van der Waals surface area contributed by atoms with Gasteiger partial charge in [0, 0.05) is 134 Å². The molecule has 6 aromatic heterocycles. The fourth-order valence-corrected chi connectivity index (χ4v) is 22.9. The second-order valence-corrected chi connectivity index (χ2v) is 34.5. The zero-order valence-electron chi connectivity index (χ0n) is 64.6. The van der Waals surface area contributed by atoms with Gasteiger partial charge in [-0.1, -0.05) is 257 Å². The average molecular weight is 1540 g/mol. The molecule has 0 amide bonds. The monoisotopic (exact) mass is 1540 g/mol. The normalized spacial score (nSPS) is 14.6. The van der Waals surface area contributed by atoms with E-state index < -0.39 is 0 Å². The molecule has 17 aromatic carbocycles. The van der Waals surface area contributed by atoms with E-state index in [9.17, 15) is 0 Å². The Kier molecular flexibility index (Phi) is 14.7. The van der Waals surface area contributed by atoms with E-state index in [1.807, 2.05) is 22.7 Å². The SMILES string of the molecule is C1=CC2Oc3ccc(-c4cc(-n5c6ccccc6c6c(-c7ccc8c(c7)c7ccccc7n8-c7ccccc7)cccc65)cc5c4sc4ccccc45)cc3C2C=C1.CC1(C)c2ccccc2-c2ccc(-c3cc(-n4c5ccccc5c5c(-c6ccc7c(c6)c6ccccc6n7-c6ccccc6)cccc54)cc4c3sc3ccccc34)cc21. The third-order valence-corrected chi connectivity index (χ3v) is 28.2. The van der Waals surface area contributed by atoms with Gasteiger partial charge in [0.1, 0.15) is 11.9 Å². The van der Waals surface area contributed by atoms with Crippen LogP contribution in [0, 0.1) is 0 Å². The number of thiophene rings is 2. The quantitative estimate of drug-likeness (QED) is 0.149. The molecule has 554 valence electrons. The maximum atomic E-state index is 6.39. The van der Waals surface area contributed by atoms with Crippen molar-refractivity contribution in [2.45, 2.75) is 31.3 Å². The molecule has 7 heteroatoms. The second-order valence-electron chi connectivity index (χ2n) is 32.4. The van der Waals surface area contributed by atoms with Crippen molar-refractivity contribution < 1.29 is 4.74 Å². The molecule has 1 aliphatic heterocycles. The van der Waals surface area contributed by atoms with Gasteiger partial charge in [0.25, 0.3) is 0 Å². The number of allylic oxidation sites excluding steroid dienone is 2. The Morgan fingerprint density at radius 1 is 0.263 bits per heavy atom. The fraction of sp³-hybridized carbons (Fsp3) is 0.0450. The van der Waals surface area contributed by atoms with Crippen LogP contribution in [0.2, 0.25) is 0 Å². The molecule has 0 radical (unpaired) electrons. The number of ether oxygens (including phenoxy) is 1. The van der Waals surface area contributed by atoms with Crippen molar-refractivity contribution in [1.29, 1.82) is 0 Å². The topological polar surface area (TPSA) is 28.9 Å². The number of para-hydroxylation sites is 6. The van der Waals surface area contributed by atoms with Crippen LogP contribution in [-0.2, 0) is 5.41 Å². The molecule has 0 saturated carbocycles. The smallest absolute Gasteiger partial charge is 0.128 e. The van der Waals surface area contributed by atoms with Gasteiger partial charge in [-0.15, -0.1) is 22.7 Å². The molecule has 0 saturated heterocycles. The molecule has 0 fully saturated rings. The largest absolute Gasteiger partial charge is 0.485 e. The molecule has 5 nitrogen and oxygen atoms in total. The fourth-order valence-electron chi connectivity index (χ4n) is 20.5.